The lowest BCUT2D eigenvalue weighted by Crippen LogP contribution is -2.56. The lowest BCUT2D eigenvalue weighted by Gasteiger charge is -2.43. The molecule has 4 saturated heterocycles. The average Bonchev–Trinajstić information content (AvgIpc) is 1.51. The number of nitrogens with one attached hydrogen (secondary N) is 3. The standard InChI is InChI=1S/C44H56FN9O3Si.C38H42FN9O2.2CH4/c1-7-34-35(21-30(45)22-36(34)54-17-16-53-37(43(54)55)20-29-23-44(2,3)24-38(29)53)40-48-41(39-42(49-40)52(27-46-39)28-56-18-19-58(4,5)6)47-31-8-10-32(11-9-31)50-12-14-51(15-13-50)33-25-57-26-33;1-4-28-29(16-24(39)17-30(28)48-14-13-47-31(37(48)49)15-23-18-38(2,3)19-32(23)47)34-43-35-33(40-22-41-35)36(44-34)42-25-5-7-26(8-6-25)45-9-11-46(12-10-45)27-20-50-21-27;;/h8-11,20-22,27,33H,7,12-19,23-26,28H2,1-6H3,(H,47,48,49);5-8,15-17,22,27H,4,9-14,18-21H2,1-3H3,(H2,40,41,42,43,44);2*1H4. The fraction of sp³-hybridized carbons (Fsp3) is 0.476. The minimum absolute atomic E-state index is 0. The number of halogens is 2. The molecule has 4 fully saturated rings. The SMILES string of the molecule is C.C.CCc1c(-c2nc(Nc3ccc(N4CCN(C5COC5)CC4)cc3)c3[nH]cnc3n2)cc(F)cc1N1CCn2c(cc3c2CC(C)(C)C3)C1=O.CCc1c(-c2nc(Nc3ccc(N4CCN(C5COC5)CC4)cc3)c3ncn(COCC[Si](C)(C)C)c3n2)cc(F)cc1N1CCn2c(cc3c2CC(C)(C)C3)C1=O. The number of nitrogens with zero attached hydrogens (tertiary/aromatic N) is 15. The van der Waals surface area contributed by atoms with Crippen molar-refractivity contribution in [1.82, 2.24) is 58.4 Å². The molecule has 18 rings (SSSR count). The monoisotopic (exact) mass is 1510 g/mol. The summed E-state index contributed by atoms with van der Waals surface area (Å²) in [5, 5.41) is 6.99. The molecule has 0 spiro atoms. The van der Waals surface area contributed by atoms with Gasteiger partial charge in [0.15, 0.2) is 40.1 Å². The molecule has 26 heteroatoms. The topological polar surface area (TPSA) is 213 Å². The molecule has 8 aliphatic rings. The van der Waals surface area contributed by atoms with Crippen LogP contribution in [-0.2, 0) is 72.6 Å². The molecule has 0 unspecified atom stereocenters. The average molecular weight is 1510 g/mol. The highest BCUT2D eigenvalue weighted by atomic mass is 28.3. The van der Waals surface area contributed by atoms with Gasteiger partial charge in [0.05, 0.1) is 62.5 Å². The van der Waals surface area contributed by atoms with Crippen LogP contribution in [-0.4, -0.2) is 189 Å². The summed E-state index contributed by atoms with van der Waals surface area (Å²) in [6.45, 7) is 34.8. The van der Waals surface area contributed by atoms with Crippen molar-refractivity contribution in [3.8, 4) is 22.8 Å². The zero-order valence-electron chi connectivity index (χ0n) is 63.6. The molecule has 0 bridgehead atoms. The van der Waals surface area contributed by atoms with Gasteiger partial charge in [0.25, 0.3) is 11.8 Å². The maximum atomic E-state index is 15.9. The Kier molecular flexibility index (Phi) is 20.9. The first-order chi connectivity index (χ1) is 52.1. The first-order valence-corrected chi connectivity index (χ1v) is 42.4. The lowest BCUT2D eigenvalue weighted by atomic mass is 9.90. The number of carbonyl (C=O) groups excluding carboxylic acids is 2. The number of hydrogen-bond acceptors (Lipinski definition) is 17. The Balaban J connectivity index is 0.000000173. The number of anilines is 8. The Bertz CT molecular complexity index is 5080. The van der Waals surface area contributed by atoms with Gasteiger partial charge in [-0.1, -0.05) is 76.0 Å². The van der Waals surface area contributed by atoms with Crippen molar-refractivity contribution < 1.29 is 32.6 Å². The van der Waals surface area contributed by atoms with Crippen molar-refractivity contribution >= 4 is 88.0 Å². The molecule has 23 nitrogen and oxygen atoms in total. The lowest BCUT2D eigenvalue weighted by molar-refractivity contribution is -0.0660. The Morgan fingerprint density at radius 2 is 1.05 bits per heavy atom. The van der Waals surface area contributed by atoms with E-state index in [-0.39, 0.29) is 44.2 Å². The Hall–Kier alpha value is -9.44. The van der Waals surface area contributed by atoms with Crippen LogP contribution in [0.5, 0.6) is 0 Å². The second-order valence-corrected chi connectivity index (χ2v) is 38.9. The quantitative estimate of drug-likeness (QED) is 0.0507. The van der Waals surface area contributed by atoms with Crippen LogP contribution >= 0.6 is 0 Å². The van der Waals surface area contributed by atoms with Crippen molar-refractivity contribution in [2.24, 2.45) is 10.8 Å². The molecular formula is C84H106F2N18O5Si. The van der Waals surface area contributed by atoms with Gasteiger partial charge in [-0.3, -0.25) is 24.0 Å². The third-order valence-corrected chi connectivity index (χ3v) is 25.0. The maximum Gasteiger partial charge on any atom is 0.274 e. The van der Waals surface area contributed by atoms with Crippen LogP contribution < -0.4 is 30.2 Å². The van der Waals surface area contributed by atoms with Crippen LogP contribution in [0.25, 0.3) is 45.1 Å². The molecule has 3 N–H and O–H groups in total. The van der Waals surface area contributed by atoms with Crippen LogP contribution in [0.1, 0.15) is 111 Å². The van der Waals surface area contributed by atoms with Gasteiger partial charge in [-0.25, -0.2) is 38.7 Å². The summed E-state index contributed by atoms with van der Waals surface area (Å²) in [7, 11) is -1.29. The number of imidazole rings is 2. The first-order valence-electron chi connectivity index (χ1n) is 38.7. The van der Waals surface area contributed by atoms with E-state index in [1.165, 1.54) is 58.2 Å². The highest BCUT2D eigenvalue weighted by Gasteiger charge is 2.41. The van der Waals surface area contributed by atoms with Gasteiger partial charge in [0.1, 0.15) is 35.3 Å². The van der Waals surface area contributed by atoms with Gasteiger partial charge in [-0.15, -0.1) is 0 Å². The van der Waals surface area contributed by atoms with Crippen molar-refractivity contribution in [2.75, 3.05) is 129 Å². The van der Waals surface area contributed by atoms with E-state index in [4.69, 9.17) is 39.1 Å². The zero-order valence-corrected chi connectivity index (χ0v) is 64.6. The fourth-order valence-electron chi connectivity index (χ4n) is 17.3. The smallest absolute Gasteiger partial charge is 0.274 e. The molecule has 4 aromatic carbocycles. The number of piperazine rings is 2. The summed E-state index contributed by atoms with van der Waals surface area (Å²) in [5.41, 5.74) is 17.1. The molecule has 110 heavy (non-hydrogen) atoms. The molecule has 2 aliphatic carbocycles. The maximum absolute atomic E-state index is 15.9. The summed E-state index contributed by atoms with van der Waals surface area (Å²) >= 11 is 0. The van der Waals surface area contributed by atoms with Crippen LogP contribution in [0, 0.1) is 22.5 Å². The number of benzene rings is 4. The summed E-state index contributed by atoms with van der Waals surface area (Å²) < 4.78 is 54.7. The minimum atomic E-state index is -1.29. The predicted octanol–water partition coefficient (Wildman–Crippen LogP) is 14.2. The van der Waals surface area contributed by atoms with Gasteiger partial charge in [0.2, 0.25) is 0 Å². The van der Waals surface area contributed by atoms with Crippen molar-refractivity contribution in [3.05, 3.63) is 154 Å². The largest absolute Gasteiger partial charge is 0.378 e. The van der Waals surface area contributed by atoms with Gasteiger partial charge >= 0.3 is 0 Å². The van der Waals surface area contributed by atoms with Crippen molar-refractivity contribution in [3.63, 3.8) is 0 Å². The van der Waals surface area contributed by atoms with Crippen LogP contribution in [0.15, 0.2) is 97.6 Å². The zero-order chi connectivity index (χ0) is 74.5. The van der Waals surface area contributed by atoms with Crippen molar-refractivity contribution in [2.45, 2.75) is 153 Å². The number of rotatable bonds is 19. The first kappa shape index (κ1) is 75.9. The van der Waals surface area contributed by atoms with E-state index in [1.807, 2.05) is 18.4 Å². The van der Waals surface area contributed by atoms with E-state index in [0.29, 0.717) is 137 Å². The highest BCUT2D eigenvalue weighted by Crippen LogP contribution is 2.44. The number of aromatic nitrogens is 10. The molecule has 6 aliphatic heterocycles. The predicted molar refractivity (Wildman–Crippen MR) is 435 cm³/mol. The van der Waals surface area contributed by atoms with E-state index in [2.05, 4.69) is 157 Å². The normalized spacial score (nSPS) is 18.5. The molecule has 2 amide bonds. The third-order valence-electron chi connectivity index (χ3n) is 23.3. The molecule has 6 aromatic heterocycles. The Morgan fingerprint density at radius 3 is 1.51 bits per heavy atom. The van der Waals surface area contributed by atoms with Crippen molar-refractivity contribution in [1.29, 1.82) is 0 Å². The van der Waals surface area contributed by atoms with E-state index in [9.17, 15) is 9.59 Å². The number of H-pyrrole nitrogens is 1. The van der Waals surface area contributed by atoms with Gasteiger partial charge in [-0.05, 0) is 163 Å². The second-order valence-electron chi connectivity index (χ2n) is 33.3. The Labute approximate surface area is 644 Å². The fourth-order valence-corrected chi connectivity index (χ4v) is 18.1. The molecule has 10 aromatic rings. The van der Waals surface area contributed by atoms with E-state index in [0.717, 1.165) is 133 Å². The molecular weight excluding hydrogens is 1410 g/mol. The minimum Gasteiger partial charge on any atom is -0.378 e. The third kappa shape index (κ3) is 14.8. The Morgan fingerprint density at radius 1 is 0.573 bits per heavy atom. The number of carbonyl (C=O) groups is 2. The number of amides is 2. The molecule has 0 atom stereocenters. The summed E-state index contributed by atoms with van der Waals surface area (Å²) in [4.78, 5) is 73.8. The second kappa shape index (κ2) is 30.3. The summed E-state index contributed by atoms with van der Waals surface area (Å²) in [6, 6.07) is 29.0. The number of aromatic amines is 1. The molecule has 0 saturated carbocycles. The molecule has 580 valence electrons. The van der Waals surface area contributed by atoms with Gasteiger partial charge < -0.3 is 58.6 Å². The van der Waals surface area contributed by atoms with Crippen LogP contribution in [0.2, 0.25) is 25.7 Å². The van der Waals surface area contributed by atoms with Gasteiger partial charge in [0, 0.05) is 138 Å². The van der Waals surface area contributed by atoms with Gasteiger partial charge in [-0.2, -0.15) is 0 Å². The highest BCUT2D eigenvalue weighted by molar-refractivity contribution is 6.76. The van der Waals surface area contributed by atoms with E-state index in [1.54, 1.807) is 22.5 Å². The number of fused-ring (bicyclic) bond motifs is 8. The summed E-state index contributed by atoms with van der Waals surface area (Å²) in [6.07, 6.45) is 8.26. The van der Waals surface area contributed by atoms with Crippen LogP contribution in [0.3, 0.4) is 0 Å². The molecule has 12 heterocycles. The van der Waals surface area contributed by atoms with Crippen LogP contribution in [0.4, 0.5) is 54.5 Å². The summed E-state index contributed by atoms with van der Waals surface area (Å²) in [5.74, 6) is 0.684. The number of ether oxygens (including phenoxy) is 3. The molecule has 0 radical (unpaired) electrons. The van der Waals surface area contributed by atoms with E-state index >= 15 is 8.78 Å². The van der Waals surface area contributed by atoms with E-state index < -0.39 is 19.7 Å². The number of hydrogen-bond donors (Lipinski definition) is 3.